The number of halogens is 1. The lowest BCUT2D eigenvalue weighted by molar-refractivity contribution is 0.0945. The van der Waals surface area contributed by atoms with E-state index >= 15 is 0 Å². The quantitative estimate of drug-likeness (QED) is 0.876. The number of pyridine rings is 1. The van der Waals surface area contributed by atoms with Gasteiger partial charge < -0.3 is 11.1 Å². The van der Waals surface area contributed by atoms with Gasteiger partial charge in [-0.05, 0) is 50.8 Å². The normalized spacial score (nSPS) is 15.5. The molecule has 23 heavy (non-hydrogen) atoms. The molecule has 6 nitrogen and oxygen atoms in total. The van der Waals surface area contributed by atoms with Crippen molar-refractivity contribution in [3.63, 3.8) is 0 Å². The number of nitrogens with two attached hydrogens (primary N) is 1. The first-order valence-corrected chi connectivity index (χ1v) is 8.07. The van der Waals surface area contributed by atoms with E-state index in [1.165, 1.54) is 0 Å². The molecule has 1 unspecified atom stereocenters. The van der Waals surface area contributed by atoms with E-state index in [0.29, 0.717) is 23.3 Å². The third kappa shape index (κ3) is 3.54. The topological polar surface area (TPSA) is 85.8 Å². The zero-order valence-electron chi connectivity index (χ0n) is 13.2. The van der Waals surface area contributed by atoms with Crippen LogP contribution in [0.1, 0.15) is 34.7 Å². The Hall–Kier alpha value is -1.92. The summed E-state index contributed by atoms with van der Waals surface area (Å²) < 4.78 is 1.69. The maximum Gasteiger partial charge on any atom is 0.271 e. The largest absolute Gasteiger partial charge is 0.349 e. The van der Waals surface area contributed by atoms with E-state index in [-0.39, 0.29) is 17.6 Å². The smallest absolute Gasteiger partial charge is 0.271 e. The molecule has 2 heterocycles. The number of aromatic nitrogens is 3. The summed E-state index contributed by atoms with van der Waals surface area (Å²) >= 11 is 6.13. The lowest BCUT2D eigenvalue weighted by Gasteiger charge is -2.12. The molecular weight excluding hydrogens is 314 g/mol. The number of aryl methyl sites for hydroxylation is 2. The summed E-state index contributed by atoms with van der Waals surface area (Å²) in [6, 6.07) is 5.35. The van der Waals surface area contributed by atoms with E-state index in [2.05, 4.69) is 15.4 Å². The van der Waals surface area contributed by atoms with Crippen LogP contribution in [-0.2, 0) is 0 Å². The van der Waals surface area contributed by atoms with Gasteiger partial charge in [0, 0.05) is 18.3 Å². The molecule has 2 aromatic rings. The van der Waals surface area contributed by atoms with Crippen LogP contribution in [0.15, 0.2) is 18.2 Å². The van der Waals surface area contributed by atoms with Gasteiger partial charge in [-0.2, -0.15) is 5.10 Å². The monoisotopic (exact) mass is 333 g/mol. The van der Waals surface area contributed by atoms with E-state index in [4.69, 9.17) is 17.3 Å². The number of amides is 1. The van der Waals surface area contributed by atoms with Crippen LogP contribution in [0.3, 0.4) is 0 Å². The maximum atomic E-state index is 12.3. The van der Waals surface area contributed by atoms with Crippen molar-refractivity contribution in [3.8, 4) is 5.82 Å². The number of carbonyl (C=O) groups is 1. The van der Waals surface area contributed by atoms with Gasteiger partial charge in [0.25, 0.3) is 5.91 Å². The van der Waals surface area contributed by atoms with Crippen molar-refractivity contribution >= 4 is 17.5 Å². The number of carbonyl (C=O) groups excluding carboxylic acids is 1. The molecule has 7 heteroatoms. The first kappa shape index (κ1) is 16.0. The summed E-state index contributed by atoms with van der Waals surface area (Å²) in [6.45, 7) is 4.28. The molecule has 0 aromatic carbocycles. The summed E-state index contributed by atoms with van der Waals surface area (Å²) in [5.41, 5.74) is 8.03. The van der Waals surface area contributed by atoms with Crippen LogP contribution >= 0.6 is 11.6 Å². The van der Waals surface area contributed by atoms with Crippen molar-refractivity contribution in [2.45, 2.75) is 32.7 Å². The van der Waals surface area contributed by atoms with Gasteiger partial charge in [0.05, 0.1) is 10.7 Å². The van der Waals surface area contributed by atoms with Gasteiger partial charge in [-0.25, -0.2) is 9.67 Å². The minimum atomic E-state index is -0.311. The Morgan fingerprint density at radius 3 is 2.83 bits per heavy atom. The first-order valence-electron chi connectivity index (χ1n) is 7.69. The molecule has 1 aliphatic rings. The molecular formula is C16H20ClN5O. The van der Waals surface area contributed by atoms with Crippen LogP contribution in [-0.4, -0.2) is 33.3 Å². The lowest BCUT2D eigenvalue weighted by atomic mass is 10.2. The van der Waals surface area contributed by atoms with Crippen LogP contribution < -0.4 is 11.1 Å². The molecule has 0 saturated heterocycles. The average molecular weight is 334 g/mol. The molecule has 0 aliphatic heterocycles. The van der Waals surface area contributed by atoms with E-state index < -0.39 is 0 Å². The number of rotatable bonds is 5. The van der Waals surface area contributed by atoms with Crippen LogP contribution in [0.25, 0.3) is 5.82 Å². The first-order chi connectivity index (χ1) is 11.0. The highest BCUT2D eigenvalue weighted by Crippen LogP contribution is 2.31. The maximum absolute atomic E-state index is 12.3. The fourth-order valence-electron chi connectivity index (χ4n) is 2.56. The fraction of sp³-hybridized carbons (Fsp3) is 0.438. The Morgan fingerprint density at radius 1 is 1.48 bits per heavy atom. The molecule has 1 saturated carbocycles. The van der Waals surface area contributed by atoms with Gasteiger partial charge in [-0.15, -0.1) is 0 Å². The molecule has 3 rings (SSSR count). The SMILES string of the molecule is Cc1cc(C)n(-c2ccc(Cl)c(C(=O)NCC(N)C3CC3)n2)n1. The molecule has 2 aromatic heterocycles. The van der Waals surface area contributed by atoms with Crippen LogP contribution in [0.4, 0.5) is 0 Å². The predicted molar refractivity (Wildman–Crippen MR) is 88.9 cm³/mol. The number of nitrogens with zero attached hydrogens (tertiary/aromatic N) is 3. The molecule has 3 N–H and O–H groups in total. The molecule has 1 amide bonds. The van der Waals surface area contributed by atoms with Crippen molar-refractivity contribution in [2.75, 3.05) is 6.54 Å². The third-order valence-corrected chi connectivity index (χ3v) is 4.30. The molecule has 0 radical (unpaired) electrons. The highest BCUT2D eigenvalue weighted by molar-refractivity contribution is 6.33. The second-order valence-electron chi connectivity index (χ2n) is 6.05. The summed E-state index contributed by atoms with van der Waals surface area (Å²) in [5, 5.41) is 7.51. The number of hydrogen-bond acceptors (Lipinski definition) is 4. The second-order valence-corrected chi connectivity index (χ2v) is 6.46. The Bertz CT molecular complexity index is 738. The van der Waals surface area contributed by atoms with Gasteiger partial charge in [0.1, 0.15) is 5.69 Å². The summed E-state index contributed by atoms with van der Waals surface area (Å²) in [5.74, 6) is 0.783. The van der Waals surface area contributed by atoms with Crippen molar-refractivity contribution in [1.82, 2.24) is 20.1 Å². The van der Waals surface area contributed by atoms with Crippen LogP contribution in [0, 0.1) is 19.8 Å². The van der Waals surface area contributed by atoms with E-state index in [1.807, 2.05) is 19.9 Å². The van der Waals surface area contributed by atoms with Crippen molar-refractivity contribution < 1.29 is 4.79 Å². The summed E-state index contributed by atoms with van der Waals surface area (Å²) in [4.78, 5) is 16.7. The zero-order valence-corrected chi connectivity index (χ0v) is 14.0. The number of nitrogens with one attached hydrogen (secondary N) is 1. The molecule has 1 atom stereocenters. The standard InChI is InChI=1S/C16H20ClN5O/c1-9-7-10(2)22(21-9)14-6-5-12(17)15(20-14)16(23)19-8-13(18)11-3-4-11/h5-7,11,13H,3-4,8,18H2,1-2H3,(H,19,23). The Labute approximate surface area is 140 Å². The van der Waals surface area contributed by atoms with Gasteiger partial charge in [0.15, 0.2) is 5.82 Å². The average Bonchev–Trinajstić information content (AvgIpc) is 3.30. The van der Waals surface area contributed by atoms with Crippen LogP contribution in [0.5, 0.6) is 0 Å². The van der Waals surface area contributed by atoms with Gasteiger partial charge in [-0.1, -0.05) is 11.6 Å². The zero-order chi connectivity index (χ0) is 16.6. The Kier molecular flexibility index (Phi) is 4.37. The van der Waals surface area contributed by atoms with Crippen molar-refractivity contribution in [1.29, 1.82) is 0 Å². The Morgan fingerprint density at radius 2 is 2.22 bits per heavy atom. The van der Waals surface area contributed by atoms with Gasteiger partial charge in [0.2, 0.25) is 0 Å². The van der Waals surface area contributed by atoms with E-state index in [0.717, 1.165) is 24.2 Å². The highest BCUT2D eigenvalue weighted by atomic mass is 35.5. The predicted octanol–water partition coefficient (Wildman–Crippen LogP) is 2.00. The molecule has 122 valence electrons. The van der Waals surface area contributed by atoms with Gasteiger partial charge in [-0.3, -0.25) is 4.79 Å². The van der Waals surface area contributed by atoms with Gasteiger partial charge >= 0.3 is 0 Å². The molecule has 0 spiro atoms. The molecule has 1 aliphatic carbocycles. The highest BCUT2D eigenvalue weighted by Gasteiger charge is 2.28. The lowest BCUT2D eigenvalue weighted by Crippen LogP contribution is -2.39. The summed E-state index contributed by atoms with van der Waals surface area (Å²) in [6.07, 6.45) is 2.28. The Balaban J connectivity index is 1.79. The third-order valence-electron chi connectivity index (χ3n) is 4.00. The fourth-order valence-corrected chi connectivity index (χ4v) is 2.75. The molecule has 1 fully saturated rings. The minimum Gasteiger partial charge on any atom is -0.349 e. The van der Waals surface area contributed by atoms with Crippen molar-refractivity contribution in [2.24, 2.45) is 11.7 Å². The minimum absolute atomic E-state index is 0.00285. The van der Waals surface area contributed by atoms with E-state index in [1.54, 1.807) is 16.8 Å². The second kappa shape index (κ2) is 6.29. The summed E-state index contributed by atoms with van der Waals surface area (Å²) in [7, 11) is 0. The van der Waals surface area contributed by atoms with Crippen molar-refractivity contribution in [3.05, 3.63) is 40.3 Å². The van der Waals surface area contributed by atoms with E-state index in [9.17, 15) is 4.79 Å². The molecule has 0 bridgehead atoms. The number of hydrogen-bond donors (Lipinski definition) is 2. The van der Waals surface area contributed by atoms with Crippen LogP contribution in [0.2, 0.25) is 5.02 Å².